The molecule has 6 nitrogen and oxygen atoms in total. The van der Waals surface area contributed by atoms with Gasteiger partial charge in [0.2, 0.25) is 5.15 Å². The van der Waals surface area contributed by atoms with E-state index in [0.29, 0.717) is 22.4 Å². The second-order valence-corrected chi connectivity index (χ2v) is 5.84. The summed E-state index contributed by atoms with van der Waals surface area (Å²) >= 11 is 13.0. The van der Waals surface area contributed by atoms with Gasteiger partial charge in [0.15, 0.2) is 4.47 Å². The molecule has 0 aliphatic heterocycles. The molecule has 9 heteroatoms. The van der Waals surface area contributed by atoms with Crippen LogP contribution in [0.5, 0.6) is 0 Å². The van der Waals surface area contributed by atoms with Crippen LogP contribution in [0, 0.1) is 17.0 Å². The molecule has 0 aliphatic rings. The lowest BCUT2D eigenvalue weighted by Gasteiger charge is -2.21. The van der Waals surface area contributed by atoms with E-state index in [1.165, 1.54) is 17.4 Å². The topological polar surface area (TPSA) is 72.2 Å². The predicted octanol–water partition coefficient (Wildman–Crippen LogP) is 4.22. The summed E-state index contributed by atoms with van der Waals surface area (Å²) in [6, 6.07) is 1.41. The third kappa shape index (κ3) is 2.84. The maximum atomic E-state index is 10.8. The lowest BCUT2D eigenvalue weighted by Crippen LogP contribution is -2.17. The fraction of sp³-hybridized carbons (Fsp3) is 0.273. The molecular formula is C11H10Cl2N4O2S. The first-order chi connectivity index (χ1) is 9.43. The third-order valence-corrected chi connectivity index (χ3v) is 4.04. The average molecular weight is 333 g/mol. The lowest BCUT2D eigenvalue weighted by atomic mass is 10.2. The molecule has 0 atom stereocenters. The number of pyridine rings is 1. The molecule has 0 aromatic carbocycles. The highest BCUT2D eigenvalue weighted by Gasteiger charge is 2.21. The number of aromatic nitrogens is 2. The average Bonchev–Trinajstić information content (AvgIpc) is 2.80. The van der Waals surface area contributed by atoms with E-state index in [9.17, 15) is 10.1 Å². The Morgan fingerprint density at radius 3 is 2.70 bits per heavy atom. The Morgan fingerprint density at radius 2 is 2.20 bits per heavy atom. The summed E-state index contributed by atoms with van der Waals surface area (Å²) in [6.45, 7) is 4.29. The fourth-order valence-corrected chi connectivity index (χ4v) is 2.95. The van der Waals surface area contributed by atoms with Crippen LogP contribution in [0.4, 0.5) is 16.5 Å². The Hall–Kier alpha value is -1.44. The van der Waals surface area contributed by atoms with E-state index in [1.54, 1.807) is 13.1 Å². The second-order valence-electron chi connectivity index (χ2n) is 3.89. The molecule has 106 valence electrons. The van der Waals surface area contributed by atoms with Crippen LogP contribution >= 0.6 is 34.5 Å². The smallest absolute Gasteiger partial charge is 0.306 e. The number of thiazole rings is 1. The minimum atomic E-state index is -0.550. The van der Waals surface area contributed by atoms with Gasteiger partial charge in [-0.15, -0.1) is 0 Å². The highest BCUT2D eigenvalue weighted by atomic mass is 35.5. The SMILES string of the molecule is CCN(c1cnc(Cl)s1)c1nc(Cl)c([N+](=O)[O-])cc1C. The van der Waals surface area contributed by atoms with Crippen LogP contribution in [0.1, 0.15) is 12.5 Å². The Morgan fingerprint density at radius 1 is 1.50 bits per heavy atom. The molecule has 0 fully saturated rings. The highest BCUT2D eigenvalue weighted by molar-refractivity contribution is 7.19. The van der Waals surface area contributed by atoms with Gasteiger partial charge in [0, 0.05) is 12.6 Å². The van der Waals surface area contributed by atoms with Crippen molar-refractivity contribution in [1.82, 2.24) is 9.97 Å². The number of nitro groups is 1. The number of rotatable bonds is 4. The van der Waals surface area contributed by atoms with Crippen LogP contribution in [0.15, 0.2) is 12.3 Å². The monoisotopic (exact) mass is 332 g/mol. The van der Waals surface area contributed by atoms with Crippen LogP contribution in [0.2, 0.25) is 9.62 Å². The Kier molecular flexibility index (Phi) is 4.42. The van der Waals surface area contributed by atoms with Gasteiger partial charge in [-0.3, -0.25) is 10.1 Å². The molecule has 0 aliphatic carbocycles. The third-order valence-electron chi connectivity index (χ3n) is 2.62. The van der Waals surface area contributed by atoms with Crippen molar-refractivity contribution in [2.45, 2.75) is 13.8 Å². The maximum Gasteiger partial charge on any atom is 0.306 e. The highest BCUT2D eigenvalue weighted by Crippen LogP contribution is 2.35. The first-order valence-corrected chi connectivity index (χ1v) is 7.21. The van der Waals surface area contributed by atoms with Crippen molar-refractivity contribution in [2.24, 2.45) is 0 Å². The zero-order valence-corrected chi connectivity index (χ0v) is 13.0. The molecule has 0 spiro atoms. The number of hydrogen-bond acceptors (Lipinski definition) is 6. The van der Waals surface area contributed by atoms with Crippen molar-refractivity contribution in [2.75, 3.05) is 11.4 Å². The normalized spacial score (nSPS) is 10.6. The van der Waals surface area contributed by atoms with Crippen molar-refractivity contribution < 1.29 is 4.92 Å². The lowest BCUT2D eigenvalue weighted by molar-refractivity contribution is -0.385. The molecular weight excluding hydrogens is 323 g/mol. The zero-order valence-electron chi connectivity index (χ0n) is 10.6. The van der Waals surface area contributed by atoms with Gasteiger partial charge in [-0.05, 0) is 19.4 Å². The Balaban J connectivity index is 2.50. The molecule has 20 heavy (non-hydrogen) atoms. The van der Waals surface area contributed by atoms with Gasteiger partial charge < -0.3 is 4.90 Å². The number of nitrogens with zero attached hydrogens (tertiary/aromatic N) is 4. The summed E-state index contributed by atoms with van der Waals surface area (Å²) in [5.41, 5.74) is 0.457. The summed E-state index contributed by atoms with van der Waals surface area (Å²) in [4.78, 5) is 20.3. The quantitative estimate of drug-likeness (QED) is 0.476. The summed E-state index contributed by atoms with van der Waals surface area (Å²) in [6.07, 6.45) is 1.63. The predicted molar refractivity (Wildman–Crippen MR) is 80.4 cm³/mol. The summed E-state index contributed by atoms with van der Waals surface area (Å²) in [5, 5.41) is 11.5. The Bertz CT molecular complexity index is 662. The summed E-state index contributed by atoms with van der Waals surface area (Å²) in [7, 11) is 0. The molecule has 0 saturated heterocycles. The molecule has 2 heterocycles. The molecule has 0 radical (unpaired) electrons. The van der Waals surface area contributed by atoms with Crippen LogP contribution < -0.4 is 4.90 Å². The summed E-state index contributed by atoms with van der Waals surface area (Å²) < 4.78 is 0.420. The molecule has 0 unspecified atom stereocenters. The number of aryl methyl sites for hydroxylation is 1. The first-order valence-electron chi connectivity index (χ1n) is 5.64. The number of anilines is 2. The van der Waals surface area contributed by atoms with E-state index in [2.05, 4.69) is 9.97 Å². The molecule has 0 saturated carbocycles. The largest absolute Gasteiger partial charge is 0.317 e. The van der Waals surface area contributed by atoms with Gasteiger partial charge in [-0.25, -0.2) is 9.97 Å². The number of hydrogen-bond donors (Lipinski definition) is 0. The molecule has 0 N–H and O–H groups in total. The van der Waals surface area contributed by atoms with Crippen LogP contribution in [0.3, 0.4) is 0 Å². The maximum absolute atomic E-state index is 10.8. The number of halogens is 2. The van der Waals surface area contributed by atoms with Gasteiger partial charge in [0.05, 0.1) is 11.1 Å². The van der Waals surface area contributed by atoms with Crippen molar-refractivity contribution in [3.05, 3.63) is 37.6 Å². The van der Waals surface area contributed by atoms with Gasteiger partial charge in [0.25, 0.3) is 0 Å². The fourth-order valence-electron chi connectivity index (χ4n) is 1.75. The molecule has 2 rings (SSSR count). The van der Waals surface area contributed by atoms with Gasteiger partial charge >= 0.3 is 5.69 Å². The van der Waals surface area contributed by atoms with Crippen LogP contribution in [-0.4, -0.2) is 21.4 Å². The van der Waals surface area contributed by atoms with Crippen molar-refractivity contribution in [3.63, 3.8) is 0 Å². The van der Waals surface area contributed by atoms with E-state index >= 15 is 0 Å². The Labute approximate surface area is 129 Å². The summed E-state index contributed by atoms with van der Waals surface area (Å²) in [5.74, 6) is 0.559. The van der Waals surface area contributed by atoms with Crippen molar-refractivity contribution >= 4 is 51.0 Å². The van der Waals surface area contributed by atoms with Gasteiger partial charge in [-0.1, -0.05) is 34.5 Å². The van der Waals surface area contributed by atoms with E-state index < -0.39 is 4.92 Å². The molecule has 0 bridgehead atoms. The molecule has 2 aromatic rings. The van der Waals surface area contributed by atoms with Gasteiger partial charge in [-0.2, -0.15) is 0 Å². The van der Waals surface area contributed by atoms with E-state index in [-0.39, 0.29) is 10.8 Å². The van der Waals surface area contributed by atoms with Crippen molar-refractivity contribution in [1.29, 1.82) is 0 Å². The second kappa shape index (κ2) is 5.90. The van der Waals surface area contributed by atoms with E-state index in [4.69, 9.17) is 23.2 Å². The van der Waals surface area contributed by atoms with Crippen LogP contribution in [-0.2, 0) is 0 Å². The minimum absolute atomic E-state index is 0.135. The van der Waals surface area contributed by atoms with E-state index in [0.717, 1.165) is 5.00 Å². The van der Waals surface area contributed by atoms with E-state index in [1.807, 2.05) is 11.8 Å². The standard InChI is InChI=1S/C11H10Cl2N4O2S/c1-3-16(8-5-14-11(13)20-8)10-6(2)4-7(17(18)19)9(12)15-10/h4-5H,3H2,1-2H3. The zero-order chi connectivity index (χ0) is 14.9. The van der Waals surface area contributed by atoms with Crippen molar-refractivity contribution in [3.8, 4) is 0 Å². The minimum Gasteiger partial charge on any atom is -0.317 e. The first kappa shape index (κ1) is 15.0. The van der Waals surface area contributed by atoms with Gasteiger partial charge in [0.1, 0.15) is 10.8 Å². The van der Waals surface area contributed by atoms with Crippen LogP contribution in [0.25, 0.3) is 0 Å². The molecule has 0 amide bonds. The molecule has 2 aromatic heterocycles.